The number of ether oxygens (including phenoxy) is 2. The van der Waals surface area contributed by atoms with Gasteiger partial charge in [-0.15, -0.1) is 0 Å². The molecule has 2 aromatic rings. The molecular formula is C16H11Cl4NO4. The van der Waals surface area contributed by atoms with Crippen molar-refractivity contribution in [3.05, 3.63) is 56.5 Å². The number of rotatable bonds is 6. The summed E-state index contributed by atoms with van der Waals surface area (Å²) in [5, 5.41) is 3.90. The fourth-order valence-corrected chi connectivity index (χ4v) is 2.50. The topological polar surface area (TPSA) is 64.6 Å². The van der Waals surface area contributed by atoms with E-state index in [1.165, 1.54) is 24.3 Å². The lowest BCUT2D eigenvalue weighted by atomic mass is 10.3. The lowest BCUT2D eigenvalue weighted by Crippen LogP contribution is -2.23. The molecule has 0 aliphatic rings. The molecule has 0 aliphatic heterocycles. The van der Waals surface area contributed by atoms with Gasteiger partial charge in [0.05, 0.1) is 15.7 Å². The van der Waals surface area contributed by atoms with Gasteiger partial charge in [-0.3, -0.25) is 4.79 Å². The third-order valence-corrected chi connectivity index (χ3v) is 3.90. The molecule has 0 saturated heterocycles. The van der Waals surface area contributed by atoms with Crippen molar-refractivity contribution in [1.82, 2.24) is 0 Å². The molecule has 5 nitrogen and oxygen atoms in total. The molecule has 132 valence electrons. The molecule has 0 bridgehead atoms. The van der Waals surface area contributed by atoms with Crippen LogP contribution in [0.4, 0.5) is 5.69 Å². The Morgan fingerprint density at radius 3 is 2.28 bits per heavy atom. The van der Waals surface area contributed by atoms with E-state index in [1.807, 2.05) is 0 Å². The summed E-state index contributed by atoms with van der Waals surface area (Å²) < 4.78 is 10.0. The van der Waals surface area contributed by atoms with Crippen molar-refractivity contribution in [3.63, 3.8) is 0 Å². The van der Waals surface area contributed by atoms with E-state index >= 15 is 0 Å². The van der Waals surface area contributed by atoms with Crippen LogP contribution in [0.1, 0.15) is 0 Å². The third-order valence-electron chi connectivity index (χ3n) is 2.81. The van der Waals surface area contributed by atoms with E-state index < -0.39 is 25.1 Å². The van der Waals surface area contributed by atoms with Gasteiger partial charge in [0.25, 0.3) is 5.91 Å². The number of carbonyl (C=O) groups is 2. The van der Waals surface area contributed by atoms with Gasteiger partial charge in [0, 0.05) is 10.0 Å². The van der Waals surface area contributed by atoms with Gasteiger partial charge in [0.2, 0.25) is 0 Å². The summed E-state index contributed by atoms with van der Waals surface area (Å²) in [7, 11) is 0. The first-order chi connectivity index (χ1) is 11.8. The molecule has 1 amide bonds. The summed E-state index contributed by atoms with van der Waals surface area (Å²) in [5.74, 6) is -1.03. The maximum Gasteiger partial charge on any atom is 0.344 e. The average Bonchev–Trinajstić information content (AvgIpc) is 2.55. The number of carbonyl (C=O) groups excluding carboxylic acids is 2. The van der Waals surface area contributed by atoms with Gasteiger partial charge in [0.1, 0.15) is 5.75 Å². The molecule has 0 saturated carbocycles. The number of amides is 1. The molecule has 25 heavy (non-hydrogen) atoms. The average molecular weight is 423 g/mol. The second kappa shape index (κ2) is 9.15. The van der Waals surface area contributed by atoms with Crippen molar-refractivity contribution in [2.75, 3.05) is 18.5 Å². The van der Waals surface area contributed by atoms with Gasteiger partial charge in [-0.05, 0) is 36.4 Å². The number of hydrogen-bond acceptors (Lipinski definition) is 4. The highest BCUT2D eigenvalue weighted by molar-refractivity contribution is 6.36. The normalized spacial score (nSPS) is 10.2. The van der Waals surface area contributed by atoms with E-state index in [9.17, 15) is 9.59 Å². The van der Waals surface area contributed by atoms with Crippen LogP contribution < -0.4 is 10.1 Å². The van der Waals surface area contributed by atoms with Gasteiger partial charge < -0.3 is 14.8 Å². The summed E-state index contributed by atoms with van der Waals surface area (Å²) in [6.07, 6.45) is 0. The van der Waals surface area contributed by atoms with Crippen LogP contribution in [0, 0.1) is 0 Å². The van der Waals surface area contributed by atoms with E-state index in [0.717, 1.165) is 0 Å². The second-order valence-corrected chi connectivity index (χ2v) is 6.38. The zero-order valence-electron chi connectivity index (χ0n) is 12.5. The summed E-state index contributed by atoms with van der Waals surface area (Å²) in [5.41, 5.74) is 0.319. The first kappa shape index (κ1) is 19.7. The van der Waals surface area contributed by atoms with Gasteiger partial charge in [-0.2, -0.15) is 0 Å². The predicted molar refractivity (Wildman–Crippen MR) is 98.0 cm³/mol. The van der Waals surface area contributed by atoms with Crippen LogP contribution in [0.3, 0.4) is 0 Å². The number of esters is 1. The highest BCUT2D eigenvalue weighted by Crippen LogP contribution is 2.27. The van der Waals surface area contributed by atoms with E-state index in [4.69, 9.17) is 55.9 Å². The predicted octanol–water partition coefficient (Wildman–Crippen LogP) is 4.86. The van der Waals surface area contributed by atoms with Gasteiger partial charge in [-0.25, -0.2) is 4.79 Å². The summed E-state index contributed by atoms with van der Waals surface area (Å²) in [4.78, 5) is 23.4. The van der Waals surface area contributed by atoms with Crippen LogP contribution in [0.5, 0.6) is 5.75 Å². The summed E-state index contributed by atoms with van der Waals surface area (Å²) >= 11 is 23.4. The smallest absolute Gasteiger partial charge is 0.344 e. The lowest BCUT2D eigenvalue weighted by molar-refractivity contribution is -0.149. The maximum absolute atomic E-state index is 11.8. The molecular weight excluding hydrogens is 412 g/mol. The monoisotopic (exact) mass is 421 g/mol. The van der Waals surface area contributed by atoms with Crippen molar-refractivity contribution in [1.29, 1.82) is 0 Å². The number of benzene rings is 2. The maximum atomic E-state index is 11.8. The van der Waals surface area contributed by atoms with Crippen LogP contribution in [-0.4, -0.2) is 25.1 Å². The zero-order chi connectivity index (χ0) is 18.4. The van der Waals surface area contributed by atoms with Gasteiger partial charge in [-0.1, -0.05) is 46.4 Å². The van der Waals surface area contributed by atoms with E-state index in [2.05, 4.69) is 5.32 Å². The minimum Gasteiger partial charge on any atom is -0.480 e. The van der Waals surface area contributed by atoms with Crippen molar-refractivity contribution >= 4 is 64.0 Å². The number of anilines is 1. The Balaban J connectivity index is 1.79. The Morgan fingerprint density at radius 1 is 0.880 bits per heavy atom. The highest BCUT2D eigenvalue weighted by atomic mass is 35.5. The molecule has 0 fully saturated rings. The Bertz CT molecular complexity index is 798. The molecule has 0 aliphatic carbocycles. The molecule has 9 heteroatoms. The van der Waals surface area contributed by atoms with Crippen LogP contribution in [0.15, 0.2) is 36.4 Å². The van der Waals surface area contributed by atoms with Gasteiger partial charge in [0.15, 0.2) is 13.2 Å². The van der Waals surface area contributed by atoms with Crippen LogP contribution >= 0.6 is 46.4 Å². The van der Waals surface area contributed by atoms with Crippen LogP contribution in [-0.2, 0) is 14.3 Å². The molecule has 2 rings (SSSR count). The minimum absolute atomic E-state index is 0.258. The standard InChI is InChI=1S/C16H11Cl4NO4/c17-9-2-4-14(12(20)5-9)24-8-16(23)25-7-15(22)21-13-6-10(18)1-3-11(13)19/h1-6H,7-8H2,(H,21,22). The van der Waals surface area contributed by atoms with E-state index in [0.29, 0.717) is 20.8 Å². The third kappa shape index (κ3) is 6.29. The van der Waals surface area contributed by atoms with Crippen molar-refractivity contribution in [2.45, 2.75) is 0 Å². The van der Waals surface area contributed by atoms with E-state index in [-0.39, 0.29) is 10.8 Å². The minimum atomic E-state index is -0.738. The largest absolute Gasteiger partial charge is 0.480 e. The van der Waals surface area contributed by atoms with Gasteiger partial charge >= 0.3 is 5.97 Å². The molecule has 2 aromatic carbocycles. The van der Waals surface area contributed by atoms with Crippen LogP contribution in [0.25, 0.3) is 0 Å². The lowest BCUT2D eigenvalue weighted by Gasteiger charge is -2.10. The Kier molecular flexibility index (Phi) is 7.20. The SMILES string of the molecule is O=C(COC(=O)COc1ccc(Cl)cc1Cl)Nc1cc(Cl)ccc1Cl. The Hall–Kier alpha value is -1.66. The van der Waals surface area contributed by atoms with Crippen molar-refractivity contribution in [3.8, 4) is 5.75 Å². The van der Waals surface area contributed by atoms with E-state index in [1.54, 1.807) is 12.1 Å². The molecule has 1 N–H and O–H groups in total. The Labute approximate surface area is 163 Å². The first-order valence-corrected chi connectivity index (χ1v) is 8.34. The number of halogens is 4. The molecule has 0 heterocycles. The fraction of sp³-hybridized carbons (Fsp3) is 0.125. The second-order valence-electron chi connectivity index (χ2n) is 4.70. The Morgan fingerprint density at radius 2 is 1.56 bits per heavy atom. The number of hydrogen-bond donors (Lipinski definition) is 1. The highest BCUT2D eigenvalue weighted by Gasteiger charge is 2.12. The molecule has 0 spiro atoms. The van der Waals surface area contributed by atoms with Crippen molar-refractivity contribution < 1.29 is 19.1 Å². The first-order valence-electron chi connectivity index (χ1n) is 6.83. The fourth-order valence-electron chi connectivity index (χ4n) is 1.70. The molecule has 0 atom stereocenters. The van der Waals surface area contributed by atoms with Crippen LogP contribution in [0.2, 0.25) is 20.1 Å². The zero-order valence-corrected chi connectivity index (χ0v) is 15.5. The summed E-state index contributed by atoms with van der Waals surface area (Å²) in [6, 6.07) is 9.16. The molecule has 0 unspecified atom stereocenters. The van der Waals surface area contributed by atoms with Crippen molar-refractivity contribution in [2.24, 2.45) is 0 Å². The summed E-state index contributed by atoms with van der Waals surface area (Å²) in [6.45, 7) is -0.911. The molecule has 0 radical (unpaired) electrons. The number of nitrogens with one attached hydrogen (secondary N) is 1. The quantitative estimate of drug-likeness (QED) is 0.675. The molecule has 0 aromatic heterocycles.